The van der Waals surface area contributed by atoms with Crippen LogP contribution in [-0.4, -0.2) is 54.8 Å². The highest BCUT2D eigenvalue weighted by molar-refractivity contribution is 7.92. The zero-order valence-corrected chi connectivity index (χ0v) is 23.7. The molecule has 1 fully saturated rings. The number of nitrogens with one attached hydrogen (secondary N) is 2. The summed E-state index contributed by atoms with van der Waals surface area (Å²) in [6.07, 6.45) is 8.05. The van der Waals surface area contributed by atoms with Crippen LogP contribution in [0.5, 0.6) is 11.5 Å². The number of amides is 1. The predicted octanol–water partition coefficient (Wildman–Crippen LogP) is 4.33. The number of nitrogens with zero attached hydrogens (tertiary/aromatic N) is 4. The van der Waals surface area contributed by atoms with Crippen molar-refractivity contribution in [1.82, 2.24) is 20.0 Å². The van der Waals surface area contributed by atoms with Crippen LogP contribution in [0.1, 0.15) is 41.3 Å². The van der Waals surface area contributed by atoms with Crippen molar-refractivity contribution in [3.05, 3.63) is 71.7 Å². The minimum Gasteiger partial charge on any atom is -0.495 e. The summed E-state index contributed by atoms with van der Waals surface area (Å²) in [7, 11) is -0.582. The highest BCUT2D eigenvalue weighted by Gasteiger charge is 2.40. The molecular weight excluding hydrogens is 532 g/mol. The zero-order valence-electron chi connectivity index (χ0n) is 22.8. The summed E-state index contributed by atoms with van der Waals surface area (Å²) in [5.41, 5.74) is 4.77. The Hall–Kier alpha value is -4.45. The van der Waals surface area contributed by atoms with Crippen LogP contribution in [0.15, 0.2) is 55.0 Å². The van der Waals surface area contributed by atoms with Crippen molar-refractivity contribution >= 4 is 27.3 Å². The quantitative estimate of drug-likeness (QED) is 0.308. The van der Waals surface area contributed by atoms with Crippen LogP contribution in [0.4, 0.5) is 11.4 Å². The third kappa shape index (κ3) is 5.62. The van der Waals surface area contributed by atoms with E-state index in [0.29, 0.717) is 28.4 Å². The van der Waals surface area contributed by atoms with Gasteiger partial charge in [0, 0.05) is 17.3 Å². The molecule has 11 nitrogen and oxygen atoms in total. The van der Waals surface area contributed by atoms with E-state index < -0.39 is 10.0 Å². The van der Waals surface area contributed by atoms with Crippen molar-refractivity contribution < 1.29 is 22.7 Å². The van der Waals surface area contributed by atoms with Gasteiger partial charge in [0.05, 0.1) is 49.9 Å². The Labute approximate surface area is 232 Å². The maximum atomic E-state index is 13.5. The minimum atomic E-state index is -3.58. The molecule has 40 heavy (non-hydrogen) atoms. The molecule has 4 aromatic rings. The van der Waals surface area contributed by atoms with Crippen LogP contribution in [-0.2, 0) is 15.4 Å². The Balaban J connectivity index is 1.47. The molecule has 1 saturated carbocycles. The topological polar surface area (TPSA) is 137 Å². The van der Waals surface area contributed by atoms with E-state index in [1.165, 1.54) is 7.11 Å². The molecule has 0 atom stereocenters. The molecule has 208 valence electrons. The molecule has 1 amide bonds. The SMILES string of the molecule is COc1cncc(-c2cn(-c3cc(C(=O)Nc4cc(C5(C)CC5)cc(NS(C)(=O)=O)c4OC)ccc3C)nn2)c1. The number of hydrogen-bond acceptors (Lipinski definition) is 8. The molecule has 2 aromatic heterocycles. The maximum absolute atomic E-state index is 13.5. The lowest BCUT2D eigenvalue weighted by Crippen LogP contribution is -2.17. The van der Waals surface area contributed by atoms with Crippen molar-refractivity contribution in [3.8, 4) is 28.4 Å². The fourth-order valence-electron chi connectivity index (χ4n) is 4.42. The average molecular weight is 563 g/mol. The van der Waals surface area contributed by atoms with Crippen LogP contribution in [0.3, 0.4) is 0 Å². The van der Waals surface area contributed by atoms with Gasteiger partial charge in [0.1, 0.15) is 11.4 Å². The molecule has 2 heterocycles. The van der Waals surface area contributed by atoms with E-state index in [2.05, 4.69) is 32.3 Å². The molecule has 1 aliphatic rings. The van der Waals surface area contributed by atoms with E-state index in [4.69, 9.17) is 9.47 Å². The van der Waals surface area contributed by atoms with Crippen LogP contribution >= 0.6 is 0 Å². The van der Waals surface area contributed by atoms with Crippen LogP contribution in [0.2, 0.25) is 0 Å². The van der Waals surface area contributed by atoms with Crippen molar-refractivity contribution in [2.24, 2.45) is 0 Å². The summed E-state index contributed by atoms with van der Waals surface area (Å²) in [5.74, 6) is 0.444. The first-order valence-electron chi connectivity index (χ1n) is 12.5. The van der Waals surface area contributed by atoms with Gasteiger partial charge in [0.25, 0.3) is 5.91 Å². The first-order valence-corrected chi connectivity index (χ1v) is 14.4. The Morgan fingerprint density at radius 1 is 1.05 bits per heavy atom. The maximum Gasteiger partial charge on any atom is 0.255 e. The van der Waals surface area contributed by atoms with Crippen LogP contribution in [0.25, 0.3) is 16.9 Å². The second kappa shape index (κ2) is 10.3. The van der Waals surface area contributed by atoms with Gasteiger partial charge in [0.2, 0.25) is 10.0 Å². The van der Waals surface area contributed by atoms with Crippen LogP contribution < -0.4 is 19.5 Å². The standard InChI is InChI=1S/C28H30N6O5S/c1-17-6-7-18(11-25(17)34-16-24(31-33-34)19-10-21(38-3)15-29-14-19)27(35)30-22-12-20(28(2)8-9-28)13-23(26(22)39-4)32-40(5,36)37/h6-7,10-16,32H,8-9H2,1-5H3,(H,30,35). The summed E-state index contributed by atoms with van der Waals surface area (Å²) < 4.78 is 39.0. The number of hydrogen-bond donors (Lipinski definition) is 2. The van der Waals surface area contributed by atoms with Gasteiger partial charge in [-0.1, -0.05) is 18.2 Å². The summed E-state index contributed by atoms with van der Waals surface area (Å²) in [6, 6.07) is 10.7. The number of pyridine rings is 1. The number of aromatic nitrogens is 4. The molecule has 5 rings (SSSR count). The summed E-state index contributed by atoms with van der Waals surface area (Å²) in [6.45, 7) is 4.02. The number of anilines is 2. The lowest BCUT2D eigenvalue weighted by Gasteiger charge is -2.19. The van der Waals surface area contributed by atoms with Gasteiger partial charge in [-0.2, -0.15) is 0 Å². The Morgan fingerprint density at radius 2 is 1.80 bits per heavy atom. The largest absolute Gasteiger partial charge is 0.495 e. The first-order chi connectivity index (χ1) is 19.0. The first kappa shape index (κ1) is 27.1. The van der Waals surface area contributed by atoms with Crippen molar-refractivity contribution in [2.45, 2.75) is 32.1 Å². The fraction of sp³-hybridized carbons (Fsp3) is 0.286. The van der Waals surface area contributed by atoms with E-state index >= 15 is 0 Å². The normalized spacial score (nSPS) is 13.9. The van der Waals surface area contributed by atoms with Gasteiger partial charge in [-0.15, -0.1) is 5.10 Å². The number of aryl methyl sites for hydroxylation is 1. The van der Waals surface area contributed by atoms with Crippen LogP contribution in [0, 0.1) is 6.92 Å². The zero-order chi connectivity index (χ0) is 28.7. The molecule has 1 aliphatic carbocycles. The van der Waals surface area contributed by atoms with Crippen molar-refractivity contribution in [3.63, 3.8) is 0 Å². The number of benzene rings is 2. The molecule has 2 N–H and O–H groups in total. The Morgan fingerprint density at radius 3 is 2.48 bits per heavy atom. The lowest BCUT2D eigenvalue weighted by atomic mass is 9.96. The molecule has 0 unspecified atom stereocenters. The molecular formula is C28H30N6O5S. The second-order valence-corrected chi connectivity index (χ2v) is 11.9. The number of carbonyl (C=O) groups excluding carboxylic acids is 1. The smallest absolute Gasteiger partial charge is 0.255 e. The number of ether oxygens (including phenoxy) is 2. The number of carbonyl (C=O) groups is 1. The number of rotatable bonds is 9. The van der Waals surface area contributed by atoms with E-state index in [0.717, 1.165) is 35.8 Å². The van der Waals surface area contributed by atoms with E-state index in [1.807, 2.05) is 25.1 Å². The summed E-state index contributed by atoms with van der Waals surface area (Å²) >= 11 is 0. The molecule has 2 aromatic carbocycles. The highest BCUT2D eigenvalue weighted by Crippen LogP contribution is 2.50. The molecule has 0 spiro atoms. The molecule has 0 radical (unpaired) electrons. The van der Waals surface area contributed by atoms with Gasteiger partial charge in [-0.3, -0.25) is 14.5 Å². The second-order valence-electron chi connectivity index (χ2n) is 10.2. The number of methoxy groups -OCH3 is 2. The van der Waals surface area contributed by atoms with Gasteiger partial charge in [-0.25, -0.2) is 13.1 Å². The number of sulfonamides is 1. The van der Waals surface area contributed by atoms with Gasteiger partial charge in [0.15, 0.2) is 5.75 Å². The third-order valence-electron chi connectivity index (χ3n) is 6.99. The fourth-order valence-corrected chi connectivity index (χ4v) is 4.97. The monoisotopic (exact) mass is 562 g/mol. The lowest BCUT2D eigenvalue weighted by molar-refractivity contribution is 0.102. The third-order valence-corrected chi connectivity index (χ3v) is 7.58. The highest BCUT2D eigenvalue weighted by atomic mass is 32.2. The average Bonchev–Trinajstić information content (AvgIpc) is 3.48. The predicted molar refractivity (Wildman–Crippen MR) is 152 cm³/mol. The summed E-state index contributed by atoms with van der Waals surface area (Å²) in [5, 5.41) is 11.4. The van der Waals surface area contributed by atoms with Crippen molar-refractivity contribution in [2.75, 3.05) is 30.5 Å². The Bertz CT molecular complexity index is 1710. The summed E-state index contributed by atoms with van der Waals surface area (Å²) in [4.78, 5) is 17.6. The molecule has 12 heteroatoms. The van der Waals surface area contributed by atoms with Gasteiger partial charge in [-0.05, 0) is 66.6 Å². The van der Waals surface area contributed by atoms with Gasteiger partial charge < -0.3 is 14.8 Å². The van der Waals surface area contributed by atoms with E-state index in [1.54, 1.807) is 48.6 Å². The molecule has 0 bridgehead atoms. The minimum absolute atomic E-state index is 0.0835. The van der Waals surface area contributed by atoms with E-state index in [9.17, 15) is 13.2 Å². The van der Waals surface area contributed by atoms with Crippen molar-refractivity contribution in [1.29, 1.82) is 0 Å². The molecule has 0 saturated heterocycles. The molecule has 0 aliphatic heterocycles. The van der Waals surface area contributed by atoms with E-state index in [-0.39, 0.29) is 22.8 Å². The van der Waals surface area contributed by atoms with Gasteiger partial charge >= 0.3 is 0 Å². The Kier molecular flexibility index (Phi) is 6.96.